The number of Topliss-reactive ketones (excluding diaryl/α,β-unsaturated/α-hetero) is 1. The van der Waals surface area contributed by atoms with Gasteiger partial charge in [-0.2, -0.15) is 0 Å². The standard InChI is InChI=1S/C16H12BrClO/c17-12-6-11(7-13(18)8-12)16(19)15-9-14(15)10-4-2-1-3-5-10/h1-8,14-15H,9H2. The first kappa shape index (κ1) is 12.9. The molecule has 0 bridgehead atoms. The fourth-order valence-corrected chi connectivity index (χ4v) is 3.32. The molecule has 0 aliphatic heterocycles. The van der Waals surface area contributed by atoms with Gasteiger partial charge in [-0.3, -0.25) is 4.79 Å². The lowest BCUT2D eigenvalue weighted by Gasteiger charge is -2.03. The number of hydrogen-bond acceptors (Lipinski definition) is 1. The van der Waals surface area contributed by atoms with Crippen LogP contribution in [0.4, 0.5) is 0 Å². The highest BCUT2D eigenvalue weighted by atomic mass is 79.9. The Balaban J connectivity index is 1.80. The zero-order valence-electron chi connectivity index (χ0n) is 10.1. The zero-order valence-corrected chi connectivity index (χ0v) is 12.5. The summed E-state index contributed by atoms with van der Waals surface area (Å²) < 4.78 is 0.847. The quantitative estimate of drug-likeness (QED) is 0.714. The van der Waals surface area contributed by atoms with Gasteiger partial charge in [0.1, 0.15) is 0 Å². The molecule has 19 heavy (non-hydrogen) atoms. The Bertz CT molecular complexity index is 604. The van der Waals surface area contributed by atoms with Crippen LogP contribution in [0.2, 0.25) is 5.02 Å². The summed E-state index contributed by atoms with van der Waals surface area (Å²) in [5.41, 5.74) is 1.95. The summed E-state index contributed by atoms with van der Waals surface area (Å²) in [4.78, 5) is 12.4. The lowest BCUT2D eigenvalue weighted by Crippen LogP contribution is -2.03. The molecule has 2 atom stereocenters. The number of benzene rings is 2. The highest BCUT2D eigenvalue weighted by Crippen LogP contribution is 2.49. The van der Waals surface area contributed by atoms with Crippen molar-refractivity contribution in [2.45, 2.75) is 12.3 Å². The van der Waals surface area contributed by atoms with Crippen LogP contribution in [-0.4, -0.2) is 5.78 Å². The van der Waals surface area contributed by atoms with E-state index >= 15 is 0 Å². The SMILES string of the molecule is O=C(c1cc(Cl)cc(Br)c1)C1CC1c1ccccc1. The third-order valence-electron chi connectivity index (χ3n) is 3.50. The zero-order chi connectivity index (χ0) is 13.4. The number of carbonyl (C=O) groups is 1. The summed E-state index contributed by atoms with van der Waals surface area (Å²) in [5.74, 6) is 0.663. The van der Waals surface area contributed by atoms with Crippen molar-refractivity contribution in [2.24, 2.45) is 5.92 Å². The second kappa shape index (κ2) is 5.10. The van der Waals surface area contributed by atoms with Gasteiger partial charge in [-0.1, -0.05) is 57.9 Å². The molecule has 96 valence electrons. The minimum Gasteiger partial charge on any atom is -0.294 e. The molecular formula is C16H12BrClO. The van der Waals surface area contributed by atoms with Crippen LogP contribution in [0.25, 0.3) is 0 Å². The topological polar surface area (TPSA) is 17.1 Å². The van der Waals surface area contributed by atoms with Crippen LogP contribution in [0, 0.1) is 5.92 Å². The first-order valence-corrected chi connectivity index (χ1v) is 7.37. The Morgan fingerprint density at radius 3 is 2.58 bits per heavy atom. The first-order valence-electron chi connectivity index (χ1n) is 6.20. The number of hydrogen-bond donors (Lipinski definition) is 0. The molecule has 0 N–H and O–H groups in total. The Kier molecular flexibility index (Phi) is 3.46. The normalized spacial score (nSPS) is 21.2. The van der Waals surface area contributed by atoms with Crippen molar-refractivity contribution < 1.29 is 4.79 Å². The Hall–Kier alpha value is -1.12. The predicted octanol–water partition coefficient (Wildman–Crippen LogP) is 5.09. The van der Waals surface area contributed by atoms with Gasteiger partial charge < -0.3 is 0 Å². The average molecular weight is 336 g/mol. The molecule has 2 aromatic carbocycles. The fraction of sp³-hybridized carbons (Fsp3) is 0.188. The Labute approximate surface area is 125 Å². The molecule has 2 unspecified atom stereocenters. The van der Waals surface area contributed by atoms with Crippen LogP contribution >= 0.6 is 27.5 Å². The Morgan fingerprint density at radius 2 is 1.89 bits per heavy atom. The van der Waals surface area contributed by atoms with Gasteiger partial charge in [0.2, 0.25) is 0 Å². The maximum Gasteiger partial charge on any atom is 0.166 e. The van der Waals surface area contributed by atoms with E-state index in [0.29, 0.717) is 16.5 Å². The molecule has 0 saturated heterocycles. The molecule has 0 spiro atoms. The molecule has 2 aromatic rings. The predicted molar refractivity (Wildman–Crippen MR) is 80.8 cm³/mol. The van der Waals surface area contributed by atoms with E-state index in [1.165, 1.54) is 5.56 Å². The van der Waals surface area contributed by atoms with Gasteiger partial charge in [-0.25, -0.2) is 0 Å². The van der Waals surface area contributed by atoms with E-state index in [2.05, 4.69) is 28.1 Å². The summed E-state index contributed by atoms with van der Waals surface area (Å²) in [7, 11) is 0. The largest absolute Gasteiger partial charge is 0.294 e. The first-order chi connectivity index (χ1) is 9.15. The van der Waals surface area contributed by atoms with E-state index in [4.69, 9.17) is 11.6 Å². The van der Waals surface area contributed by atoms with Gasteiger partial charge in [0, 0.05) is 21.0 Å². The Morgan fingerprint density at radius 1 is 1.16 bits per heavy atom. The maximum atomic E-state index is 12.4. The molecular weight excluding hydrogens is 324 g/mol. The van der Waals surface area contributed by atoms with Crippen LogP contribution in [0.3, 0.4) is 0 Å². The average Bonchev–Trinajstić information content (AvgIpc) is 3.18. The summed E-state index contributed by atoms with van der Waals surface area (Å²) >= 11 is 9.36. The molecule has 1 saturated carbocycles. The number of halogens is 2. The minimum absolute atomic E-state index is 0.104. The van der Waals surface area contributed by atoms with Crippen molar-refractivity contribution in [1.29, 1.82) is 0 Å². The number of carbonyl (C=O) groups excluding carboxylic acids is 1. The van der Waals surface area contributed by atoms with Crippen molar-refractivity contribution >= 4 is 33.3 Å². The molecule has 0 amide bonds. The lowest BCUT2D eigenvalue weighted by molar-refractivity contribution is 0.0965. The number of rotatable bonds is 3. The van der Waals surface area contributed by atoms with Crippen LogP contribution in [-0.2, 0) is 0 Å². The summed E-state index contributed by atoms with van der Waals surface area (Å²) in [6.45, 7) is 0. The van der Waals surface area contributed by atoms with E-state index in [0.717, 1.165) is 10.9 Å². The van der Waals surface area contributed by atoms with Gasteiger partial charge in [-0.15, -0.1) is 0 Å². The van der Waals surface area contributed by atoms with Crippen LogP contribution < -0.4 is 0 Å². The maximum absolute atomic E-state index is 12.4. The molecule has 1 nitrogen and oxygen atoms in total. The van der Waals surface area contributed by atoms with E-state index in [-0.39, 0.29) is 11.7 Å². The van der Waals surface area contributed by atoms with Gasteiger partial charge in [0.25, 0.3) is 0 Å². The highest BCUT2D eigenvalue weighted by molar-refractivity contribution is 9.10. The van der Waals surface area contributed by atoms with E-state index < -0.39 is 0 Å². The molecule has 0 aromatic heterocycles. The molecule has 1 fully saturated rings. The van der Waals surface area contributed by atoms with Crippen molar-refractivity contribution in [2.75, 3.05) is 0 Å². The van der Waals surface area contributed by atoms with Crippen molar-refractivity contribution in [3.8, 4) is 0 Å². The van der Waals surface area contributed by atoms with Crippen LogP contribution in [0.1, 0.15) is 28.3 Å². The van der Waals surface area contributed by atoms with Gasteiger partial charge in [0.05, 0.1) is 0 Å². The van der Waals surface area contributed by atoms with Crippen molar-refractivity contribution in [1.82, 2.24) is 0 Å². The second-order valence-electron chi connectivity index (χ2n) is 4.88. The second-order valence-corrected chi connectivity index (χ2v) is 6.23. The van der Waals surface area contributed by atoms with E-state index in [1.54, 1.807) is 12.1 Å². The van der Waals surface area contributed by atoms with Gasteiger partial charge in [-0.05, 0) is 36.1 Å². The molecule has 0 heterocycles. The number of ketones is 1. The monoisotopic (exact) mass is 334 g/mol. The summed E-state index contributed by atoms with van der Waals surface area (Å²) in [6.07, 6.45) is 0.937. The van der Waals surface area contributed by atoms with Crippen LogP contribution in [0.15, 0.2) is 53.0 Å². The molecule has 3 rings (SSSR count). The van der Waals surface area contributed by atoms with Gasteiger partial charge >= 0.3 is 0 Å². The third kappa shape index (κ3) is 2.75. The van der Waals surface area contributed by atoms with E-state index in [1.807, 2.05) is 24.3 Å². The van der Waals surface area contributed by atoms with Crippen molar-refractivity contribution in [3.05, 3.63) is 69.2 Å². The van der Waals surface area contributed by atoms with Crippen molar-refractivity contribution in [3.63, 3.8) is 0 Å². The highest BCUT2D eigenvalue weighted by Gasteiger charge is 2.43. The summed E-state index contributed by atoms with van der Waals surface area (Å²) in [6, 6.07) is 15.6. The lowest BCUT2D eigenvalue weighted by atomic mass is 10.0. The smallest absolute Gasteiger partial charge is 0.166 e. The minimum atomic E-state index is 0.104. The molecule has 1 aliphatic carbocycles. The molecule has 0 radical (unpaired) electrons. The molecule has 3 heteroatoms. The third-order valence-corrected chi connectivity index (χ3v) is 4.18. The fourth-order valence-electron chi connectivity index (χ4n) is 2.46. The van der Waals surface area contributed by atoms with Crippen LogP contribution in [0.5, 0.6) is 0 Å². The summed E-state index contributed by atoms with van der Waals surface area (Å²) in [5, 5.41) is 0.592. The van der Waals surface area contributed by atoms with Gasteiger partial charge in [0.15, 0.2) is 5.78 Å². The van der Waals surface area contributed by atoms with E-state index in [9.17, 15) is 4.79 Å². The molecule has 1 aliphatic rings.